The van der Waals surface area contributed by atoms with E-state index in [0.29, 0.717) is 29.5 Å². The van der Waals surface area contributed by atoms with Gasteiger partial charge in [0.15, 0.2) is 0 Å². The Labute approximate surface area is 188 Å². The summed E-state index contributed by atoms with van der Waals surface area (Å²) >= 11 is 6.03. The number of halogens is 1. The number of aromatic nitrogens is 2. The van der Waals surface area contributed by atoms with Gasteiger partial charge in [-0.25, -0.2) is 4.98 Å². The third-order valence-electron chi connectivity index (χ3n) is 5.98. The molecule has 1 heterocycles. The number of fused-ring (bicyclic) bond motifs is 1. The number of phenols is 1. The van der Waals surface area contributed by atoms with Gasteiger partial charge in [0.05, 0.1) is 5.52 Å². The lowest BCUT2D eigenvalue weighted by atomic mass is 9.86. The third-order valence-corrected chi connectivity index (χ3v) is 6.21. The summed E-state index contributed by atoms with van der Waals surface area (Å²) in [5.41, 5.74) is 1.80. The van der Waals surface area contributed by atoms with Crippen molar-refractivity contribution in [1.82, 2.24) is 15.3 Å². The summed E-state index contributed by atoms with van der Waals surface area (Å²) < 4.78 is 0. The first kappa shape index (κ1) is 21.7. The summed E-state index contributed by atoms with van der Waals surface area (Å²) in [4.78, 5) is 11.5. The van der Waals surface area contributed by atoms with Crippen LogP contribution in [0.4, 0.5) is 11.8 Å². The maximum Gasteiger partial charge on any atom is 0.225 e. The zero-order valence-electron chi connectivity index (χ0n) is 18.1. The van der Waals surface area contributed by atoms with Crippen LogP contribution in [-0.4, -0.2) is 41.8 Å². The summed E-state index contributed by atoms with van der Waals surface area (Å²) in [5.74, 6) is 2.57. The molecule has 6 nitrogen and oxygen atoms in total. The molecule has 0 amide bonds. The summed E-state index contributed by atoms with van der Waals surface area (Å²) in [6, 6.07) is 13.7. The second-order valence-corrected chi connectivity index (χ2v) is 8.98. The van der Waals surface area contributed by atoms with Crippen LogP contribution in [0.5, 0.6) is 5.75 Å². The lowest BCUT2D eigenvalue weighted by molar-refractivity contribution is 0.323. The van der Waals surface area contributed by atoms with E-state index in [1.807, 2.05) is 43.3 Å². The van der Waals surface area contributed by atoms with E-state index in [2.05, 4.69) is 16.7 Å². The predicted octanol–water partition coefficient (Wildman–Crippen LogP) is 4.82. The Balaban J connectivity index is 1.30. The van der Waals surface area contributed by atoms with Gasteiger partial charge in [-0.05, 0) is 68.5 Å². The normalized spacial score (nSPS) is 18.8. The zero-order valence-corrected chi connectivity index (χ0v) is 18.9. The number of para-hydroxylation sites is 1. The standard InChI is InChI=1S/C24H30ClN5O/c1-30(2)23-20-5-3-4-6-21(20)28-24(29-23)27-19-10-7-16(8-11-19)14-26-15-17-13-18(25)9-12-22(17)31/h3-6,9,12-13,16,19,26,31H,7-8,10-11,14-15H2,1-2H3,(H,27,28,29). The Kier molecular flexibility index (Phi) is 6.78. The van der Waals surface area contributed by atoms with Gasteiger partial charge < -0.3 is 20.6 Å². The van der Waals surface area contributed by atoms with E-state index >= 15 is 0 Å². The molecule has 1 aromatic heterocycles. The molecule has 1 fully saturated rings. The highest BCUT2D eigenvalue weighted by Gasteiger charge is 2.22. The number of nitrogens with zero attached hydrogens (tertiary/aromatic N) is 3. The maximum atomic E-state index is 9.94. The molecule has 0 radical (unpaired) electrons. The summed E-state index contributed by atoms with van der Waals surface area (Å²) in [7, 11) is 4.03. The van der Waals surface area contributed by atoms with Crippen LogP contribution in [0.2, 0.25) is 5.02 Å². The summed E-state index contributed by atoms with van der Waals surface area (Å²) in [6.07, 6.45) is 4.51. The number of hydrogen-bond donors (Lipinski definition) is 3. The molecular formula is C24H30ClN5O. The Bertz CT molecular complexity index is 1030. The topological polar surface area (TPSA) is 73.3 Å². The highest BCUT2D eigenvalue weighted by atomic mass is 35.5. The Hall–Kier alpha value is -2.57. The lowest BCUT2D eigenvalue weighted by Gasteiger charge is -2.29. The lowest BCUT2D eigenvalue weighted by Crippen LogP contribution is -2.31. The van der Waals surface area contributed by atoms with Crippen LogP contribution >= 0.6 is 11.6 Å². The van der Waals surface area contributed by atoms with Gasteiger partial charge in [0.2, 0.25) is 5.95 Å². The minimum absolute atomic E-state index is 0.289. The number of nitrogens with one attached hydrogen (secondary N) is 2. The molecule has 0 bridgehead atoms. The second-order valence-electron chi connectivity index (χ2n) is 8.55. The third kappa shape index (κ3) is 5.38. The summed E-state index contributed by atoms with van der Waals surface area (Å²) in [6.45, 7) is 1.57. The van der Waals surface area contributed by atoms with Gasteiger partial charge >= 0.3 is 0 Å². The fourth-order valence-corrected chi connectivity index (χ4v) is 4.46. The van der Waals surface area contributed by atoms with Gasteiger partial charge in [-0.15, -0.1) is 0 Å². The van der Waals surface area contributed by atoms with Crippen molar-refractivity contribution in [2.24, 2.45) is 5.92 Å². The molecule has 1 aliphatic carbocycles. The fraction of sp³-hybridized carbons (Fsp3) is 0.417. The van der Waals surface area contributed by atoms with Gasteiger partial charge in [-0.2, -0.15) is 4.98 Å². The molecule has 31 heavy (non-hydrogen) atoms. The number of aromatic hydroxyl groups is 1. The molecular weight excluding hydrogens is 410 g/mol. The molecule has 3 N–H and O–H groups in total. The SMILES string of the molecule is CN(C)c1nc(NC2CCC(CNCc3cc(Cl)ccc3O)CC2)nc2ccccc12. The molecule has 2 aromatic carbocycles. The quantitative estimate of drug-likeness (QED) is 0.490. The highest BCUT2D eigenvalue weighted by Crippen LogP contribution is 2.28. The number of phenolic OH excluding ortho intramolecular Hbond substituents is 1. The van der Waals surface area contributed by atoms with Crippen molar-refractivity contribution < 1.29 is 5.11 Å². The molecule has 0 saturated heterocycles. The molecule has 4 rings (SSSR count). The van der Waals surface area contributed by atoms with Crippen molar-refractivity contribution in [3.05, 3.63) is 53.1 Å². The Morgan fingerprint density at radius 3 is 2.61 bits per heavy atom. The van der Waals surface area contributed by atoms with Crippen LogP contribution in [0, 0.1) is 5.92 Å². The largest absolute Gasteiger partial charge is 0.508 e. The van der Waals surface area contributed by atoms with Crippen LogP contribution in [0.1, 0.15) is 31.2 Å². The number of rotatable bonds is 7. The van der Waals surface area contributed by atoms with Crippen molar-refractivity contribution in [2.75, 3.05) is 30.9 Å². The number of benzene rings is 2. The average Bonchev–Trinajstić information content (AvgIpc) is 2.76. The zero-order chi connectivity index (χ0) is 21.8. The molecule has 0 spiro atoms. The maximum absolute atomic E-state index is 9.94. The van der Waals surface area contributed by atoms with E-state index in [1.165, 1.54) is 0 Å². The first-order chi connectivity index (χ1) is 15.0. The van der Waals surface area contributed by atoms with Crippen molar-refractivity contribution in [1.29, 1.82) is 0 Å². The molecule has 0 aliphatic heterocycles. The molecule has 1 aliphatic rings. The predicted molar refractivity (Wildman–Crippen MR) is 128 cm³/mol. The van der Waals surface area contributed by atoms with Crippen LogP contribution in [0.15, 0.2) is 42.5 Å². The number of hydrogen-bond acceptors (Lipinski definition) is 6. The minimum atomic E-state index is 0.289. The monoisotopic (exact) mass is 439 g/mol. The van der Waals surface area contributed by atoms with Crippen LogP contribution < -0.4 is 15.5 Å². The minimum Gasteiger partial charge on any atom is -0.508 e. The van der Waals surface area contributed by atoms with Crippen molar-refractivity contribution in [2.45, 2.75) is 38.3 Å². The van der Waals surface area contributed by atoms with E-state index in [-0.39, 0.29) is 5.75 Å². The first-order valence-corrected chi connectivity index (χ1v) is 11.3. The fourth-order valence-electron chi connectivity index (χ4n) is 4.27. The van der Waals surface area contributed by atoms with E-state index in [9.17, 15) is 5.11 Å². The van der Waals surface area contributed by atoms with E-state index < -0.39 is 0 Å². The van der Waals surface area contributed by atoms with Crippen molar-refractivity contribution in [3.63, 3.8) is 0 Å². The molecule has 3 aromatic rings. The average molecular weight is 440 g/mol. The van der Waals surface area contributed by atoms with Gasteiger partial charge in [-0.1, -0.05) is 23.7 Å². The smallest absolute Gasteiger partial charge is 0.225 e. The van der Waals surface area contributed by atoms with Crippen LogP contribution in [0.25, 0.3) is 10.9 Å². The van der Waals surface area contributed by atoms with Gasteiger partial charge in [0.25, 0.3) is 0 Å². The molecule has 0 unspecified atom stereocenters. The van der Waals surface area contributed by atoms with Gasteiger partial charge in [-0.3, -0.25) is 0 Å². The van der Waals surface area contributed by atoms with E-state index in [1.54, 1.807) is 12.1 Å². The second kappa shape index (κ2) is 9.71. The van der Waals surface area contributed by atoms with Gasteiger partial charge in [0.1, 0.15) is 11.6 Å². The van der Waals surface area contributed by atoms with Gasteiger partial charge in [0, 0.05) is 42.7 Å². The highest BCUT2D eigenvalue weighted by molar-refractivity contribution is 6.30. The molecule has 7 heteroatoms. The van der Waals surface area contributed by atoms with Crippen molar-refractivity contribution in [3.8, 4) is 5.75 Å². The molecule has 0 atom stereocenters. The Morgan fingerprint density at radius 1 is 1.06 bits per heavy atom. The first-order valence-electron chi connectivity index (χ1n) is 10.9. The van der Waals surface area contributed by atoms with E-state index in [0.717, 1.165) is 54.5 Å². The van der Waals surface area contributed by atoms with Crippen molar-refractivity contribution >= 4 is 34.3 Å². The Morgan fingerprint density at radius 2 is 1.84 bits per heavy atom. The molecule has 164 valence electrons. The number of anilines is 2. The van der Waals surface area contributed by atoms with Crippen LogP contribution in [-0.2, 0) is 6.54 Å². The molecule has 1 saturated carbocycles. The van der Waals surface area contributed by atoms with E-state index in [4.69, 9.17) is 21.6 Å². The van der Waals surface area contributed by atoms with Crippen LogP contribution in [0.3, 0.4) is 0 Å². The summed E-state index contributed by atoms with van der Waals surface area (Å²) in [5, 5.41) is 18.7.